The summed E-state index contributed by atoms with van der Waals surface area (Å²) >= 11 is 5.99. The van der Waals surface area contributed by atoms with E-state index in [2.05, 4.69) is 34.0 Å². The normalized spacial score (nSPS) is 14.9. The maximum Gasteiger partial charge on any atom is 0.226 e. The molecule has 88 valence electrons. The first-order valence-corrected chi connectivity index (χ1v) is 6.16. The van der Waals surface area contributed by atoms with Gasteiger partial charge in [-0.15, -0.1) is 0 Å². The highest BCUT2D eigenvalue weighted by Gasteiger charge is 2.22. The number of rotatable bonds is 5. The van der Waals surface area contributed by atoms with Crippen molar-refractivity contribution < 1.29 is 0 Å². The number of hydrogen-bond donors (Lipinski definition) is 1. The fourth-order valence-corrected chi connectivity index (χ4v) is 1.77. The molecule has 0 saturated heterocycles. The molecule has 0 unspecified atom stereocenters. The predicted octanol–water partition coefficient (Wildman–Crippen LogP) is 2.55. The van der Waals surface area contributed by atoms with Crippen molar-refractivity contribution >= 4 is 23.4 Å². The standard InChI is InChI=1S/C11H17ClN4/c1-3-16(4-2)10-7-9(12)14-11(15-10)13-8-5-6-8/h7-8H,3-6H2,1-2H3,(H,13,14,15). The predicted molar refractivity (Wildman–Crippen MR) is 67.2 cm³/mol. The van der Waals surface area contributed by atoms with E-state index in [1.807, 2.05) is 6.07 Å². The number of anilines is 2. The second-order valence-electron chi connectivity index (χ2n) is 3.96. The topological polar surface area (TPSA) is 41.1 Å². The van der Waals surface area contributed by atoms with Crippen molar-refractivity contribution in [1.82, 2.24) is 9.97 Å². The lowest BCUT2D eigenvalue weighted by atomic mass is 10.4. The largest absolute Gasteiger partial charge is 0.357 e. The van der Waals surface area contributed by atoms with Crippen LogP contribution in [-0.4, -0.2) is 29.1 Å². The molecule has 0 amide bonds. The van der Waals surface area contributed by atoms with Crippen LogP contribution in [-0.2, 0) is 0 Å². The maximum atomic E-state index is 5.99. The summed E-state index contributed by atoms with van der Waals surface area (Å²) < 4.78 is 0. The van der Waals surface area contributed by atoms with Crippen LogP contribution in [0.2, 0.25) is 5.15 Å². The van der Waals surface area contributed by atoms with Crippen LogP contribution in [0.3, 0.4) is 0 Å². The Morgan fingerprint density at radius 2 is 2.06 bits per heavy atom. The number of hydrogen-bond acceptors (Lipinski definition) is 4. The molecule has 1 N–H and O–H groups in total. The van der Waals surface area contributed by atoms with Crippen LogP contribution < -0.4 is 10.2 Å². The second kappa shape index (κ2) is 4.87. The van der Waals surface area contributed by atoms with E-state index in [1.54, 1.807) is 0 Å². The first kappa shape index (κ1) is 11.5. The summed E-state index contributed by atoms with van der Waals surface area (Å²) in [5, 5.41) is 3.77. The van der Waals surface area contributed by atoms with E-state index < -0.39 is 0 Å². The molecule has 1 heterocycles. The SMILES string of the molecule is CCN(CC)c1cc(Cl)nc(NC2CC2)n1. The minimum atomic E-state index is 0.500. The van der Waals surface area contributed by atoms with Crippen molar-refractivity contribution in [1.29, 1.82) is 0 Å². The highest BCUT2D eigenvalue weighted by atomic mass is 35.5. The number of aromatic nitrogens is 2. The van der Waals surface area contributed by atoms with Crippen molar-refractivity contribution in [2.24, 2.45) is 0 Å². The highest BCUT2D eigenvalue weighted by Crippen LogP contribution is 2.25. The van der Waals surface area contributed by atoms with Crippen molar-refractivity contribution in [2.75, 3.05) is 23.3 Å². The smallest absolute Gasteiger partial charge is 0.226 e. The molecule has 0 aromatic carbocycles. The third-order valence-electron chi connectivity index (χ3n) is 2.68. The molecule has 1 aliphatic carbocycles. The molecule has 16 heavy (non-hydrogen) atoms. The first-order chi connectivity index (χ1) is 7.72. The molecule has 1 aromatic rings. The summed E-state index contributed by atoms with van der Waals surface area (Å²) in [6, 6.07) is 2.36. The first-order valence-electron chi connectivity index (χ1n) is 5.79. The second-order valence-corrected chi connectivity index (χ2v) is 4.35. The van der Waals surface area contributed by atoms with Gasteiger partial charge in [0.15, 0.2) is 0 Å². The van der Waals surface area contributed by atoms with Gasteiger partial charge in [0.2, 0.25) is 5.95 Å². The van der Waals surface area contributed by atoms with Crippen molar-refractivity contribution in [3.05, 3.63) is 11.2 Å². The fourth-order valence-electron chi connectivity index (χ4n) is 1.59. The van der Waals surface area contributed by atoms with Crippen LogP contribution in [0.4, 0.5) is 11.8 Å². The average molecular weight is 241 g/mol. The van der Waals surface area contributed by atoms with Crippen LogP contribution in [0.1, 0.15) is 26.7 Å². The maximum absolute atomic E-state index is 5.99. The summed E-state index contributed by atoms with van der Waals surface area (Å²) in [6.07, 6.45) is 2.41. The van der Waals surface area contributed by atoms with E-state index in [0.717, 1.165) is 18.9 Å². The summed E-state index contributed by atoms with van der Waals surface area (Å²) in [4.78, 5) is 10.8. The lowest BCUT2D eigenvalue weighted by Gasteiger charge is -2.20. The van der Waals surface area contributed by atoms with Gasteiger partial charge in [0.25, 0.3) is 0 Å². The Morgan fingerprint density at radius 1 is 1.38 bits per heavy atom. The molecule has 0 radical (unpaired) electrons. The third kappa shape index (κ3) is 2.76. The van der Waals surface area contributed by atoms with E-state index in [-0.39, 0.29) is 0 Å². The van der Waals surface area contributed by atoms with Crippen molar-refractivity contribution in [3.8, 4) is 0 Å². The fraction of sp³-hybridized carbons (Fsp3) is 0.636. The average Bonchev–Trinajstić information content (AvgIpc) is 3.03. The number of halogens is 1. The summed E-state index contributed by atoms with van der Waals surface area (Å²) in [5.74, 6) is 1.55. The lowest BCUT2D eigenvalue weighted by Crippen LogP contribution is -2.23. The highest BCUT2D eigenvalue weighted by molar-refractivity contribution is 6.29. The Balaban J connectivity index is 2.19. The van der Waals surface area contributed by atoms with Gasteiger partial charge in [-0.3, -0.25) is 0 Å². The zero-order valence-corrected chi connectivity index (χ0v) is 10.5. The van der Waals surface area contributed by atoms with Gasteiger partial charge in [-0.05, 0) is 26.7 Å². The van der Waals surface area contributed by atoms with E-state index >= 15 is 0 Å². The molecule has 2 rings (SSSR count). The van der Waals surface area contributed by atoms with Crippen LogP contribution in [0.15, 0.2) is 6.07 Å². The van der Waals surface area contributed by atoms with Crippen molar-refractivity contribution in [2.45, 2.75) is 32.7 Å². The number of nitrogens with zero attached hydrogens (tertiary/aromatic N) is 3. The Kier molecular flexibility index (Phi) is 3.49. The zero-order chi connectivity index (χ0) is 11.5. The van der Waals surface area contributed by atoms with E-state index in [4.69, 9.17) is 11.6 Å². The molecule has 5 heteroatoms. The summed E-state index contributed by atoms with van der Waals surface area (Å²) in [7, 11) is 0. The quantitative estimate of drug-likeness (QED) is 0.804. The molecule has 0 atom stereocenters. The number of nitrogens with one attached hydrogen (secondary N) is 1. The third-order valence-corrected chi connectivity index (χ3v) is 2.87. The summed E-state index contributed by atoms with van der Waals surface area (Å²) in [6.45, 7) is 6.06. The Morgan fingerprint density at radius 3 is 2.62 bits per heavy atom. The molecule has 0 aliphatic heterocycles. The molecular formula is C11H17ClN4. The lowest BCUT2D eigenvalue weighted by molar-refractivity contribution is 0.841. The molecule has 1 aliphatic rings. The van der Waals surface area contributed by atoms with Crippen LogP contribution in [0.25, 0.3) is 0 Å². The molecule has 0 bridgehead atoms. The molecule has 0 spiro atoms. The Hall–Kier alpha value is -1.03. The van der Waals surface area contributed by atoms with Gasteiger partial charge in [-0.2, -0.15) is 4.98 Å². The van der Waals surface area contributed by atoms with Gasteiger partial charge in [-0.25, -0.2) is 4.98 Å². The van der Waals surface area contributed by atoms with Crippen molar-refractivity contribution in [3.63, 3.8) is 0 Å². The molecule has 1 saturated carbocycles. The van der Waals surface area contributed by atoms with Crippen LogP contribution in [0, 0.1) is 0 Å². The van der Waals surface area contributed by atoms with Gasteiger partial charge in [0, 0.05) is 25.2 Å². The van der Waals surface area contributed by atoms with E-state index in [9.17, 15) is 0 Å². The minimum absolute atomic E-state index is 0.500. The Bertz CT molecular complexity index is 361. The van der Waals surface area contributed by atoms with E-state index in [0.29, 0.717) is 17.1 Å². The molecule has 1 aromatic heterocycles. The zero-order valence-electron chi connectivity index (χ0n) is 9.70. The summed E-state index contributed by atoms with van der Waals surface area (Å²) in [5.41, 5.74) is 0. The van der Waals surface area contributed by atoms with Crippen LogP contribution >= 0.6 is 11.6 Å². The molecular weight excluding hydrogens is 224 g/mol. The van der Waals surface area contributed by atoms with Crippen LogP contribution in [0.5, 0.6) is 0 Å². The van der Waals surface area contributed by atoms with Gasteiger partial charge in [0.1, 0.15) is 11.0 Å². The van der Waals surface area contributed by atoms with E-state index in [1.165, 1.54) is 12.8 Å². The molecule has 4 nitrogen and oxygen atoms in total. The monoisotopic (exact) mass is 240 g/mol. The van der Waals surface area contributed by atoms with Gasteiger partial charge in [0.05, 0.1) is 0 Å². The van der Waals surface area contributed by atoms with Gasteiger partial charge < -0.3 is 10.2 Å². The molecule has 1 fully saturated rings. The minimum Gasteiger partial charge on any atom is -0.357 e. The van der Waals surface area contributed by atoms with Gasteiger partial charge in [-0.1, -0.05) is 11.6 Å². The van der Waals surface area contributed by atoms with Gasteiger partial charge >= 0.3 is 0 Å². The Labute approximate surface area is 101 Å².